The van der Waals surface area contributed by atoms with E-state index in [2.05, 4.69) is 0 Å². The minimum atomic E-state index is -4.63. The molecule has 2 aromatic rings. The van der Waals surface area contributed by atoms with E-state index in [-0.39, 0.29) is 11.3 Å². The molecular formula is C13H8F3NO3. The first-order valence-corrected chi connectivity index (χ1v) is 5.44. The third-order valence-electron chi connectivity index (χ3n) is 2.71. The van der Waals surface area contributed by atoms with Crippen molar-refractivity contribution >= 4 is 5.69 Å². The third kappa shape index (κ3) is 2.56. The number of phenols is 1. The Morgan fingerprint density at radius 2 is 1.65 bits per heavy atom. The molecule has 0 aliphatic carbocycles. The van der Waals surface area contributed by atoms with Crippen LogP contribution in [0.3, 0.4) is 0 Å². The van der Waals surface area contributed by atoms with E-state index in [1.54, 1.807) is 0 Å². The lowest BCUT2D eigenvalue weighted by molar-refractivity contribution is -0.384. The minimum absolute atomic E-state index is 0.0565. The number of halogens is 3. The fourth-order valence-electron chi connectivity index (χ4n) is 1.83. The molecule has 0 unspecified atom stereocenters. The molecule has 0 aliphatic heterocycles. The summed E-state index contributed by atoms with van der Waals surface area (Å²) in [7, 11) is 0. The van der Waals surface area contributed by atoms with Gasteiger partial charge >= 0.3 is 6.18 Å². The summed E-state index contributed by atoms with van der Waals surface area (Å²) in [6.45, 7) is 0. The molecule has 0 aromatic heterocycles. The van der Waals surface area contributed by atoms with Crippen molar-refractivity contribution in [1.82, 2.24) is 0 Å². The Morgan fingerprint density at radius 1 is 1.05 bits per heavy atom. The van der Waals surface area contributed by atoms with Gasteiger partial charge in [0.15, 0.2) is 0 Å². The zero-order valence-electron chi connectivity index (χ0n) is 9.89. The fraction of sp³-hybridized carbons (Fsp3) is 0.0769. The monoisotopic (exact) mass is 283 g/mol. The second-order valence-corrected chi connectivity index (χ2v) is 4.00. The number of nitro groups is 1. The number of nitro benzene ring substituents is 1. The van der Waals surface area contributed by atoms with Gasteiger partial charge in [0, 0.05) is 17.7 Å². The molecular weight excluding hydrogens is 275 g/mol. The highest BCUT2D eigenvalue weighted by molar-refractivity contribution is 5.75. The van der Waals surface area contributed by atoms with E-state index in [0.717, 1.165) is 30.3 Å². The molecule has 2 rings (SSSR count). The van der Waals surface area contributed by atoms with Gasteiger partial charge in [-0.05, 0) is 29.8 Å². The summed E-state index contributed by atoms with van der Waals surface area (Å²) < 4.78 is 38.7. The Morgan fingerprint density at radius 3 is 2.15 bits per heavy atom. The number of hydrogen-bond donors (Lipinski definition) is 1. The number of phenolic OH excluding ortho intramolecular Hbond substituents is 1. The SMILES string of the molecule is O=[N+]([O-])c1ccc(-c2c(O)cccc2C(F)(F)F)cc1. The van der Waals surface area contributed by atoms with Crippen LogP contribution in [0, 0.1) is 10.1 Å². The van der Waals surface area contributed by atoms with Gasteiger partial charge in [0.2, 0.25) is 0 Å². The fourth-order valence-corrected chi connectivity index (χ4v) is 1.83. The van der Waals surface area contributed by atoms with Crippen LogP contribution < -0.4 is 0 Å². The van der Waals surface area contributed by atoms with E-state index in [9.17, 15) is 28.4 Å². The largest absolute Gasteiger partial charge is 0.507 e. The number of benzene rings is 2. The molecule has 2 aromatic carbocycles. The van der Waals surface area contributed by atoms with Crippen LogP contribution in [0.1, 0.15) is 5.56 Å². The van der Waals surface area contributed by atoms with Gasteiger partial charge < -0.3 is 5.11 Å². The quantitative estimate of drug-likeness (QED) is 0.669. The van der Waals surface area contributed by atoms with Gasteiger partial charge in [0.1, 0.15) is 5.75 Å². The average Bonchev–Trinajstić information content (AvgIpc) is 2.37. The van der Waals surface area contributed by atoms with Gasteiger partial charge in [-0.2, -0.15) is 13.2 Å². The van der Waals surface area contributed by atoms with Gasteiger partial charge in [-0.25, -0.2) is 0 Å². The Bertz CT molecular complexity index is 651. The van der Waals surface area contributed by atoms with E-state index in [0.29, 0.717) is 0 Å². The Balaban J connectivity index is 2.60. The van der Waals surface area contributed by atoms with Crippen LogP contribution in [0.15, 0.2) is 42.5 Å². The average molecular weight is 283 g/mol. The van der Waals surface area contributed by atoms with E-state index in [1.165, 1.54) is 12.1 Å². The van der Waals surface area contributed by atoms with E-state index in [4.69, 9.17) is 0 Å². The molecule has 104 valence electrons. The molecule has 0 atom stereocenters. The Kier molecular flexibility index (Phi) is 3.35. The molecule has 0 radical (unpaired) electrons. The topological polar surface area (TPSA) is 63.4 Å². The zero-order chi connectivity index (χ0) is 14.9. The molecule has 7 heteroatoms. The summed E-state index contributed by atoms with van der Waals surface area (Å²) in [5.41, 5.74) is -1.57. The van der Waals surface area contributed by atoms with E-state index < -0.39 is 28.0 Å². The molecule has 0 saturated carbocycles. The molecule has 20 heavy (non-hydrogen) atoms. The minimum Gasteiger partial charge on any atom is -0.507 e. The Hall–Kier alpha value is -2.57. The van der Waals surface area contributed by atoms with Crippen LogP contribution >= 0.6 is 0 Å². The van der Waals surface area contributed by atoms with Crippen molar-refractivity contribution in [2.75, 3.05) is 0 Å². The van der Waals surface area contributed by atoms with Gasteiger partial charge in [0.25, 0.3) is 5.69 Å². The number of hydrogen-bond acceptors (Lipinski definition) is 3. The standard InChI is InChI=1S/C13H8F3NO3/c14-13(15,16)10-2-1-3-11(18)12(10)8-4-6-9(7-5-8)17(19)20/h1-7,18H. The summed E-state index contributed by atoms with van der Waals surface area (Å²) in [5, 5.41) is 20.2. The molecule has 0 bridgehead atoms. The van der Waals surface area contributed by atoms with Crippen LogP contribution in [-0.2, 0) is 6.18 Å². The molecule has 4 nitrogen and oxygen atoms in total. The van der Waals surface area contributed by atoms with Crippen molar-refractivity contribution in [1.29, 1.82) is 0 Å². The molecule has 0 heterocycles. The highest BCUT2D eigenvalue weighted by atomic mass is 19.4. The number of nitrogens with zero attached hydrogens (tertiary/aromatic N) is 1. The predicted molar refractivity (Wildman–Crippen MR) is 65.2 cm³/mol. The van der Waals surface area contributed by atoms with Crippen molar-refractivity contribution < 1.29 is 23.2 Å². The number of aromatic hydroxyl groups is 1. The summed E-state index contributed by atoms with van der Waals surface area (Å²) in [4.78, 5) is 9.86. The van der Waals surface area contributed by atoms with Gasteiger partial charge in [-0.3, -0.25) is 10.1 Å². The van der Waals surface area contributed by atoms with Gasteiger partial charge in [0.05, 0.1) is 10.5 Å². The molecule has 0 spiro atoms. The van der Waals surface area contributed by atoms with E-state index in [1.807, 2.05) is 0 Å². The van der Waals surface area contributed by atoms with Crippen LogP contribution in [0.5, 0.6) is 5.75 Å². The number of non-ortho nitro benzene ring substituents is 1. The molecule has 0 amide bonds. The highest BCUT2D eigenvalue weighted by Gasteiger charge is 2.34. The lowest BCUT2D eigenvalue weighted by atomic mass is 9.98. The van der Waals surface area contributed by atoms with Crippen LogP contribution in [-0.4, -0.2) is 10.0 Å². The summed E-state index contributed by atoms with van der Waals surface area (Å²) in [5.74, 6) is -0.534. The first kappa shape index (κ1) is 13.9. The lowest BCUT2D eigenvalue weighted by Crippen LogP contribution is -2.07. The maximum Gasteiger partial charge on any atom is 0.417 e. The van der Waals surface area contributed by atoms with Crippen molar-refractivity contribution in [3.8, 4) is 16.9 Å². The van der Waals surface area contributed by atoms with Gasteiger partial charge in [-0.15, -0.1) is 0 Å². The smallest absolute Gasteiger partial charge is 0.417 e. The summed E-state index contributed by atoms with van der Waals surface area (Å²) in [6, 6.07) is 7.57. The second-order valence-electron chi connectivity index (χ2n) is 4.00. The highest BCUT2D eigenvalue weighted by Crippen LogP contribution is 2.41. The lowest BCUT2D eigenvalue weighted by Gasteiger charge is -2.14. The van der Waals surface area contributed by atoms with Crippen molar-refractivity contribution in [3.05, 3.63) is 58.1 Å². The van der Waals surface area contributed by atoms with Gasteiger partial charge in [-0.1, -0.05) is 6.07 Å². The zero-order valence-corrected chi connectivity index (χ0v) is 9.89. The number of rotatable bonds is 2. The normalized spacial score (nSPS) is 11.3. The molecule has 1 N–H and O–H groups in total. The van der Waals surface area contributed by atoms with Crippen molar-refractivity contribution in [3.63, 3.8) is 0 Å². The maximum atomic E-state index is 12.9. The molecule has 0 aliphatic rings. The van der Waals surface area contributed by atoms with Crippen LogP contribution in [0.4, 0.5) is 18.9 Å². The summed E-state index contributed by atoms with van der Waals surface area (Å²) in [6.07, 6.45) is -4.63. The Labute approximate surface area is 111 Å². The third-order valence-corrected chi connectivity index (χ3v) is 2.71. The first-order valence-electron chi connectivity index (χ1n) is 5.44. The predicted octanol–water partition coefficient (Wildman–Crippen LogP) is 3.99. The van der Waals surface area contributed by atoms with Crippen LogP contribution in [0.25, 0.3) is 11.1 Å². The van der Waals surface area contributed by atoms with Crippen LogP contribution in [0.2, 0.25) is 0 Å². The number of alkyl halides is 3. The van der Waals surface area contributed by atoms with Crippen molar-refractivity contribution in [2.24, 2.45) is 0 Å². The van der Waals surface area contributed by atoms with Crippen molar-refractivity contribution in [2.45, 2.75) is 6.18 Å². The molecule has 0 fully saturated rings. The maximum absolute atomic E-state index is 12.9. The molecule has 0 saturated heterocycles. The second kappa shape index (κ2) is 4.84. The van der Waals surface area contributed by atoms with E-state index >= 15 is 0 Å². The summed E-state index contributed by atoms with van der Waals surface area (Å²) >= 11 is 0. The first-order chi connectivity index (χ1) is 9.30.